The molecule has 1 aromatic carbocycles. The van der Waals surface area contributed by atoms with Crippen LogP contribution in [0.1, 0.15) is 36.5 Å². The Labute approximate surface area is 124 Å². The van der Waals surface area contributed by atoms with Crippen molar-refractivity contribution in [1.29, 1.82) is 0 Å². The van der Waals surface area contributed by atoms with Gasteiger partial charge in [-0.25, -0.2) is 4.79 Å². The van der Waals surface area contributed by atoms with Gasteiger partial charge >= 0.3 is 5.97 Å². The van der Waals surface area contributed by atoms with E-state index in [0.29, 0.717) is 23.4 Å². The molecule has 1 aromatic rings. The van der Waals surface area contributed by atoms with Gasteiger partial charge in [0, 0.05) is 11.8 Å². The first kappa shape index (κ1) is 16.8. The van der Waals surface area contributed by atoms with Crippen molar-refractivity contribution in [2.24, 2.45) is 0 Å². The van der Waals surface area contributed by atoms with Crippen LogP contribution in [0.2, 0.25) is 0 Å². The van der Waals surface area contributed by atoms with Crippen LogP contribution >= 0.6 is 0 Å². The van der Waals surface area contributed by atoms with Crippen molar-refractivity contribution in [2.45, 2.75) is 32.2 Å². The lowest BCUT2D eigenvalue weighted by molar-refractivity contribution is -0.143. The van der Waals surface area contributed by atoms with Crippen LogP contribution in [0.3, 0.4) is 0 Å². The number of carbonyl (C=O) groups excluding carboxylic acids is 2. The van der Waals surface area contributed by atoms with Crippen molar-refractivity contribution in [3.8, 4) is 5.75 Å². The second-order valence-corrected chi connectivity index (χ2v) is 4.64. The SMILES string of the molecule is CCCCC(NC(=O)c1ccc(OC)cc1N)C(=O)OC. The summed E-state index contributed by atoms with van der Waals surface area (Å²) in [5.74, 6) is -0.287. The van der Waals surface area contributed by atoms with Gasteiger partial charge in [0.05, 0.1) is 19.8 Å². The number of nitrogen functional groups attached to an aromatic ring is 1. The van der Waals surface area contributed by atoms with Crippen molar-refractivity contribution < 1.29 is 19.1 Å². The molecule has 1 atom stereocenters. The molecule has 21 heavy (non-hydrogen) atoms. The summed E-state index contributed by atoms with van der Waals surface area (Å²) in [6.07, 6.45) is 2.27. The zero-order valence-electron chi connectivity index (χ0n) is 12.6. The van der Waals surface area contributed by atoms with E-state index in [9.17, 15) is 9.59 Å². The van der Waals surface area contributed by atoms with E-state index in [-0.39, 0.29) is 0 Å². The molecule has 0 heterocycles. The van der Waals surface area contributed by atoms with Crippen LogP contribution in [0.4, 0.5) is 5.69 Å². The Balaban J connectivity index is 2.83. The van der Waals surface area contributed by atoms with Gasteiger partial charge in [0.1, 0.15) is 11.8 Å². The molecule has 6 nitrogen and oxygen atoms in total. The summed E-state index contributed by atoms with van der Waals surface area (Å²) in [5, 5.41) is 2.66. The molecule has 0 spiro atoms. The molecule has 6 heteroatoms. The number of hydrogen-bond acceptors (Lipinski definition) is 5. The zero-order valence-corrected chi connectivity index (χ0v) is 12.6. The number of nitrogens with two attached hydrogens (primary N) is 1. The largest absolute Gasteiger partial charge is 0.497 e. The van der Waals surface area contributed by atoms with E-state index in [0.717, 1.165) is 12.8 Å². The minimum Gasteiger partial charge on any atom is -0.497 e. The highest BCUT2D eigenvalue weighted by Crippen LogP contribution is 2.19. The summed E-state index contributed by atoms with van der Waals surface area (Å²) >= 11 is 0. The van der Waals surface area contributed by atoms with Gasteiger partial charge in [-0.05, 0) is 18.6 Å². The minimum atomic E-state index is -0.663. The third-order valence-corrected chi connectivity index (χ3v) is 3.14. The van der Waals surface area contributed by atoms with Gasteiger partial charge in [0.2, 0.25) is 0 Å². The molecular formula is C15H22N2O4. The maximum absolute atomic E-state index is 12.2. The van der Waals surface area contributed by atoms with Crippen LogP contribution in [-0.4, -0.2) is 32.1 Å². The Morgan fingerprint density at radius 2 is 2.05 bits per heavy atom. The van der Waals surface area contributed by atoms with Crippen LogP contribution in [0.5, 0.6) is 5.75 Å². The minimum absolute atomic E-state index is 0.297. The molecule has 1 amide bonds. The summed E-state index contributed by atoms with van der Waals surface area (Å²) < 4.78 is 9.74. The van der Waals surface area contributed by atoms with Crippen LogP contribution in [0, 0.1) is 0 Å². The number of hydrogen-bond donors (Lipinski definition) is 2. The predicted molar refractivity (Wildman–Crippen MR) is 80.2 cm³/mol. The lowest BCUT2D eigenvalue weighted by Crippen LogP contribution is -2.41. The van der Waals surface area contributed by atoms with Gasteiger partial charge in [-0.3, -0.25) is 4.79 Å². The van der Waals surface area contributed by atoms with E-state index in [2.05, 4.69) is 5.32 Å². The number of anilines is 1. The first-order chi connectivity index (χ1) is 10.0. The van der Waals surface area contributed by atoms with E-state index >= 15 is 0 Å². The lowest BCUT2D eigenvalue weighted by Gasteiger charge is -2.17. The summed E-state index contributed by atoms with van der Waals surface area (Å²) in [4.78, 5) is 23.9. The van der Waals surface area contributed by atoms with Gasteiger partial charge in [-0.15, -0.1) is 0 Å². The fourth-order valence-electron chi connectivity index (χ4n) is 1.91. The molecule has 1 unspecified atom stereocenters. The molecule has 0 aromatic heterocycles. The van der Waals surface area contributed by atoms with Crippen LogP contribution in [0.25, 0.3) is 0 Å². The number of esters is 1. The third-order valence-electron chi connectivity index (χ3n) is 3.14. The average molecular weight is 294 g/mol. The van der Waals surface area contributed by atoms with Crippen molar-refractivity contribution in [3.05, 3.63) is 23.8 Å². The zero-order chi connectivity index (χ0) is 15.8. The standard InChI is InChI=1S/C15H22N2O4/c1-4-5-6-13(15(19)21-3)17-14(18)11-8-7-10(20-2)9-12(11)16/h7-9,13H,4-6,16H2,1-3H3,(H,17,18). The number of unbranched alkanes of at least 4 members (excludes halogenated alkanes) is 1. The van der Waals surface area contributed by atoms with Crippen LogP contribution in [0.15, 0.2) is 18.2 Å². The number of amides is 1. The average Bonchev–Trinajstić information content (AvgIpc) is 2.50. The van der Waals surface area contributed by atoms with Gasteiger partial charge in [0.25, 0.3) is 5.91 Å². The second kappa shape index (κ2) is 8.14. The van der Waals surface area contributed by atoms with E-state index in [1.165, 1.54) is 14.2 Å². The van der Waals surface area contributed by atoms with E-state index in [1.807, 2.05) is 6.92 Å². The molecule has 1 rings (SSSR count). The summed E-state index contributed by atoms with van der Waals surface area (Å²) in [6.45, 7) is 2.01. The Kier molecular flexibility index (Phi) is 6.52. The molecule has 0 radical (unpaired) electrons. The smallest absolute Gasteiger partial charge is 0.328 e. The molecule has 116 valence electrons. The molecule has 0 aliphatic rings. The van der Waals surface area contributed by atoms with E-state index < -0.39 is 17.9 Å². The van der Waals surface area contributed by atoms with E-state index in [4.69, 9.17) is 15.2 Å². The van der Waals surface area contributed by atoms with Crippen molar-refractivity contribution in [1.82, 2.24) is 5.32 Å². The van der Waals surface area contributed by atoms with Crippen LogP contribution < -0.4 is 15.8 Å². The highest BCUT2D eigenvalue weighted by atomic mass is 16.5. The Morgan fingerprint density at radius 1 is 1.33 bits per heavy atom. The van der Waals surface area contributed by atoms with Gasteiger partial charge < -0.3 is 20.5 Å². The highest BCUT2D eigenvalue weighted by molar-refractivity contribution is 6.01. The maximum atomic E-state index is 12.2. The normalized spacial score (nSPS) is 11.6. The van der Waals surface area contributed by atoms with Crippen molar-refractivity contribution in [2.75, 3.05) is 20.0 Å². The van der Waals surface area contributed by atoms with Gasteiger partial charge in [0.15, 0.2) is 0 Å². The fourth-order valence-corrected chi connectivity index (χ4v) is 1.91. The molecule has 0 aliphatic carbocycles. The number of rotatable bonds is 7. The molecule has 0 fully saturated rings. The summed E-state index contributed by atoms with van der Waals surface area (Å²) in [7, 11) is 2.82. The number of benzene rings is 1. The molecule has 0 aliphatic heterocycles. The number of ether oxygens (including phenoxy) is 2. The number of methoxy groups -OCH3 is 2. The number of nitrogens with one attached hydrogen (secondary N) is 1. The maximum Gasteiger partial charge on any atom is 0.328 e. The van der Waals surface area contributed by atoms with Crippen molar-refractivity contribution in [3.63, 3.8) is 0 Å². The highest BCUT2D eigenvalue weighted by Gasteiger charge is 2.22. The monoisotopic (exact) mass is 294 g/mol. The van der Waals surface area contributed by atoms with Gasteiger partial charge in [-0.2, -0.15) is 0 Å². The second-order valence-electron chi connectivity index (χ2n) is 4.64. The van der Waals surface area contributed by atoms with E-state index in [1.54, 1.807) is 18.2 Å². The predicted octanol–water partition coefficient (Wildman–Crippen LogP) is 1.74. The third kappa shape index (κ3) is 4.66. The molecule has 3 N–H and O–H groups in total. The first-order valence-electron chi connectivity index (χ1n) is 6.85. The summed E-state index contributed by atoms with van der Waals surface area (Å²) in [5.41, 5.74) is 6.43. The molecule has 0 saturated heterocycles. The quantitative estimate of drug-likeness (QED) is 0.590. The Bertz CT molecular complexity index is 502. The lowest BCUT2D eigenvalue weighted by atomic mass is 10.1. The molecular weight excluding hydrogens is 272 g/mol. The Hall–Kier alpha value is -2.24. The molecule has 0 bridgehead atoms. The Morgan fingerprint density at radius 3 is 2.57 bits per heavy atom. The molecule has 0 saturated carbocycles. The number of carbonyl (C=O) groups is 2. The van der Waals surface area contributed by atoms with Crippen molar-refractivity contribution >= 4 is 17.6 Å². The summed E-state index contributed by atoms with van der Waals surface area (Å²) in [6, 6.07) is 4.11. The van der Waals surface area contributed by atoms with Crippen LogP contribution in [-0.2, 0) is 9.53 Å². The topological polar surface area (TPSA) is 90.6 Å². The van der Waals surface area contributed by atoms with Gasteiger partial charge in [-0.1, -0.05) is 19.8 Å². The fraction of sp³-hybridized carbons (Fsp3) is 0.467. The first-order valence-corrected chi connectivity index (χ1v) is 6.85.